The van der Waals surface area contributed by atoms with Gasteiger partial charge in [-0.25, -0.2) is 9.78 Å². The van der Waals surface area contributed by atoms with E-state index in [2.05, 4.69) is 20.9 Å². The number of rotatable bonds is 7. The van der Waals surface area contributed by atoms with E-state index in [1.54, 1.807) is 25.3 Å². The second-order valence-corrected chi connectivity index (χ2v) is 9.40. The van der Waals surface area contributed by atoms with Crippen LogP contribution in [0, 0.1) is 6.92 Å². The second kappa shape index (κ2) is 10.4. The predicted molar refractivity (Wildman–Crippen MR) is 136 cm³/mol. The van der Waals surface area contributed by atoms with E-state index in [1.807, 2.05) is 55.5 Å². The number of anilines is 3. The number of nitrogens with zero attached hydrogens (tertiary/aromatic N) is 1. The number of thioether (sulfide) groups is 1. The van der Waals surface area contributed by atoms with Gasteiger partial charge < -0.3 is 20.7 Å². The van der Waals surface area contributed by atoms with Crippen LogP contribution in [0.1, 0.15) is 5.56 Å². The number of aryl methyl sites for hydroxylation is 1. The summed E-state index contributed by atoms with van der Waals surface area (Å²) in [6.07, 6.45) is 0. The smallest absolute Gasteiger partial charge is 0.323 e. The zero-order chi connectivity index (χ0) is 23.2. The summed E-state index contributed by atoms with van der Waals surface area (Å²) in [6, 6.07) is 20.0. The van der Waals surface area contributed by atoms with Crippen molar-refractivity contribution in [2.75, 3.05) is 28.8 Å². The Morgan fingerprint density at radius 1 is 0.970 bits per heavy atom. The molecule has 1 heterocycles. The molecular weight excluding hydrogens is 456 g/mol. The fourth-order valence-corrected chi connectivity index (χ4v) is 5.03. The van der Waals surface area contributed by atoms with Gasteiger partial charge in [0.25, 0.3) is 0 Å². The molecule has 0 aliphatic carbocycles. The van der Waals surface area contributed by atoms with E-state index in [4.69, 9.17) is 4.74 Å². The third-order valence-electron chi connectivity index (χ3n) is 4.61. The van der Waals surface area contributed by atoms with Gasteiger partial charge in [-0.3, -0.25) is 4.79 Å². The first-order chi connectivity index (χ1) is 16.0. The lowest BCUT2D eigenvalue weighted by atomic mass is 10.2. The SMILES string of the molecule is COc1ccccc1NC(=O)Nc1ccc2nc(SCC(=O)Nc3cccc(C)c3)sc2c1. The first kappa shape index (κ1) is 22.6. The number of urea groups is 1. The van der Waals surface area contributed by atoms with E-state index < -0.39 is 0 Å². The van der Waals surface area contributed by atoms with Crippen molar-refractivity contribution in [3.8, 4) is 5.75 Å². The molecule has 4 aromatic rings. The molecule has 9 heteroatoms. The lowest BCUT2D eigenvalue weighted by Gasteiger charge is -2.10. The van der Waals surface area contributed by atoms with Crippen LogP contribution in [-0.4, -0.2) is 29.8 Å². The van der Waals surface area contributed by atoms with Crippen LogP contribution >= 0.6 is 23.1 Å². The minimum absolute atomic E-state index is 0.0831. The standard InChI is InChI=1S/C24H22N4O3S2/c1-15-6-5-7-16(12-15)25-22(29)14-32-24-28-19-11-10-17(13-21(19)33-24)26-23(30)27-18-8-3-4-9-20(18)31-2/h3-13H,14H2,1-2H3,(H,25,29)(H2,26,27,30). The first-order valence-electron chi connectivity index (χ1n) is 10.1. The van der Waals surface area contributed by atoms with E-state index in [1.165, 1.54) is 23.1 Å². The number of thiazole rings is 1. The molecule has 0 aliphatic rings. The molecule has 0 saturated carbocycles. The van der Waals surface area contributed by atoms with Gasteiger partial charge in [0.05, 0.1) is 28.8 Å². The van der Waals surface area contributed by atoms with E-state index in [9.17, 15) is 9.59 Å². The average Bonchev–Trinajstić information content (AvgIpc) is 3.20. The number of carbonyl (C=O) groups is 2. The molecule has 4 rings (SSSR count). The number of fused-ring (bicyclic) bond motifs is 1. The van der Waals surface area contributed by atoms with Crippen LogP contribution in [0.2, 0.25) is 0 Å². The van der Waals surface area contributed by atoms with E-state index in [-0.39, 0.29) is 17.7 Å². The monoisotopic (exact) mass is 478 g/mol. The highest BCUT2D eigenvalue weighted by molar-refractivity contribution is 8.01. The summed E-state index contributed by atoms with van der Waals surface area (Å²) in [4.78, 5) is 29.2. The predicted octanol–water partition coefficient (Wildman–Crippen LogP) is 5.99. The quantitative estimate of drug-likeness (QED) is 0.284. The number of methoxy groups -OCH3 is 1. The molecule has 7 nitrogen and oxygen atoms in total. The van der Waals surface area contributed by atoms with Crippen molar-refractivity contribution in [2.24, 2.45) is 0 Å². The van der Waals surface area contributed by atoms with Crippen molar-refractivity contribution >= 4 is 62.3 Å². The molecule has 0 saturated heterocycles. The average molecular weight is 479 g/mol. The number of aromatic nitrogens is 1. The number of carbonyl (C=O) groups excluding carboxylic acids is 2. The second-order valence-electron chi connectivity index (χ2n) is 7.15. The Kier molecular flexibility index (Phi) is 7.11. The molecule has 0 atom stereocenters. The molecule has 33 heavy (non-hydrogen) atoms. The summed E-state index contributed by atoms with van der Waals surface area (Å²) in [6.45, 7) is 1.98. The number of hydrogen-bond donors (Lipinski definition) is 3. The van der Waals surface area contributed by atoms with Crippen LogP contribution in [0.25, 0.3) is 10.2 Å². The van der Waals surface area contributed by atoms with E-state index in [0.717, 1.165) is 25.8 Å². The third kappa shape index (κ3) is 6.03. The molecule has 168 valence electrons. The van der Waals surface area contributed by atoms with Crippen molar-refractivity contribution < 1.29 is 14.3 Å². The molecule has 0 spiro atoms. The van der Waals surface area contributed by atoms with Crippen molar-refractivity contribution in [1.82, 2.24) is 4.98 Å². The van der Waals surface area contributed by atoms with Gasteiger partial charge in [0, 0.05) is 11.4 Å². The minimum Gasteiger partial charge on any atom is -0.495 e. The zero-order valence-electron chi connectivity index (χ0n) is 18.0. The lowest BCUT2D eigenvalue weighted by molar-refractivity contribution is -0.113. The van der Waals surface area contributed by atoms with Gasteiger partial charge in [0.1, 0.15) is 5.75 Å². The number of ether oxygens (including phenoxy) is 1. The van der Waals surface area contributed by atoms with Crippen LogP contribution in [0.5, 0.6) is 5.75 Å². The summed E-state index contributed by atoms with van der Waals surface area (Å²) in [5.74, 6) is 0.763. The van der Waals surface area contributed by atoms with Gasteiger partial charge in [0.2, 0.25) is 5.91 Å². The van der Waals surface area contributed by atoms with E-state index in [0.29, 0.717) is 17.1 Å². The van der Waals surface area contributed by atoms with Crippen molar-refractivity contribution in [2.45, 2.75) is 11.3 Å². The van der Waals surface area contributed by atoms with Gasteiger partial charge in [0.15, 0.2) is 4.34 Å². The molecule has 1 aromatic heterocycles. The molecule has 0 unspecified atom stereocenters. The summed E-state index contributed by atoms with van der Waals surface area (Å²) in [5.41, 5.74) is 3.92. The molecule has 0 bridgehead atoms. The van der Waals surface area contributed by atoms with Crippen molar-refractivity contribution in [3.63, 3.8) is 0 Å². The highest BCUT2D eigenvalue weighted by Crippen LogP contribution is 2.31. The summed E-state index contributed by atoms with van der Waals surface area (Å²) in [5, 5.41) is 8.51. The van der Waals surface area contributed by atoms with Gasteiger partial charge in [-0.15, -0.1) is 11.3 Å². The van der Waals surface area contributed by atoms with Crippen LogP contribution < -0.4 is 20.7 Å². The summed E-state index contributed by atoms with van der Waals surface area (Å²) in [7, 11) is 1.55. The molecule has 0 aliphatic heterocycles. The molecule has 3 amide bonds. The van der Waals surface area contributed by atoms with Crippen LogP contribution in [0.4, 0.5) is 21.9 Å². The van der Waals surface area contributed by atoms with Gasteiger partial charge in [-0.1, -0.05) is 36.0 Å². The van der Waals surface area contributed by atoms with Crippen LogP contribution in [0.3, 0.4) is 0 Å². The van der Waals surface area contributed by atoms with Gasteiger partial charge in [-0.05, 0) is 55.0 Å². The summed E-state index contributed by atoms with van der Waals surface area (Å²) < 4.78 is 6.97. The van der Waals surface area contributed by atoms with Crippen molar-refractivity contribution in [1.29, 1.82) is 0 Å². The number of para-hydroxylation sites is 2. The highest BCUT2D eigenvalue weighted by atomic mass is 32.2. The summed E-state index contributed by atoms with van der Waals surface area (Å²) >= 11 is 2.86. The Bertz CT molecular complexity index is 1310. The fraction of sp³-hybridized carbons (Fsp3) is 0.125. The number of hydrogen-bond acceptors (Lipinski definition) is 6. The maximum atomic E-state index is 12.4. The number of nitrogens with one attached hydrogen (secondary N) is 3. The fourth-order valence-electron chi connectivity index (χ4n) is 3.12. The van der Waals surface area contributed by atoms with Gasteiger partial charge in [-0.2, -0.15) is 0 Å². The Balaban J connectivity index is 1.36. The molecule has 0 radical (unpaired) electrons. The molecule has 3 aromatic carbocycles. The zero-order valence-corrected chi connectivity index (χ0v) is 19.7. The van der Waals surface area contributed by atoms with E-state index >= 15 is 0 Å². The first-order valence-corrected chi connectivity index (χ1v) is 11.9. The molecular formula is C24H22N4O3S2. The maximum Gasteiger partial charge on any atom is 0.323 e. The largest absolute Gasteiger partial charge is 0.495 e. The molecule has 0 fully saturated rings. The van der Waals surface area contributed by atoms with Gasteiger partial charge >= 0.3 is 6.03 Å². The number of benzene rings is 3. The minimum atomic E-state index is -0.370. The lowest BCUT2D eigenvalue weighted by Crippen LogP contribution is -2.19. The number of amides is 3. The van der Waals surface area contributed by atoms with Crippen LogP contribution in [-0.2, 0) is 4.79 Å². The maximum absolute atomic E-state index is 12.4. The third-order valence-corrected chi connectivity index (χ3v) is 6.77. The van der Waals surface area contributed by atoms with Crippen LogP contribution in [0.15, 0.2) is 71.1 Å². The Labute approximate surface area is 199 Å². The molecule has 3 N–H and O–H groups in total. The Morgan fingerprint density at radius 2 is 1.79 bits per heavy atom. The topological polar surface area (TPSA) is 92.3 Å². The Hall–Kier alpha value is -3.56. The Morgan fingerprint density at radius 3 is 2.61 bits per heavy atom. The highest BCUT2D eigenvalue weighted by Gasteiger charge is 2.11. The normalized spacial score (nSPS) is 10.6. The van der Waals surface area contributed by atoms with Crippen molar-refractivity contribution in [3.05, 3.63) is 72.3 Å².